The van der Waals surface area contributed by atoms with Gasteiger partial charge in [-0.1, -0.05) is 22.8 Å². The summed E-state index contributed by atoms with van der Waals surface area (Å²) in [6.07, 6.45) is 0. The molecule has 0 N–H and O–H groups in total. The van der Waals surface area contributed by atoms with Gasteiger partial charge in [-0.2, -0.15) is 4.98 Å². The number of hydrogen-bond donors (Lipinski definition) is 0. The van der Waals surface area contributed by atoms with Crippen molar-refractivity contribution < 1.29 is 13.7 Å². The minimum Gasteiger partial charge on any atom is -0.497 e. The molecule has 1 fully saturated rings. The fourth-order valence-corrected chi connectivity index (χ4v) is 4.16. The summed E-state index contributed by atoms with van der Waals surface area (Å²) < 4.78 is 16.6. The maximum atomic E-state index is 6.08. The summed E-state index contributed by atoms with van der Waals surface area (Å²) in [5.74, 6) is 3.06. The number of hydrogen-bond acceptors (Lipinski definition) is 9. The zero-order valence-electron chi connectivity index (χ0n) is 19.0. The third-order valence-corrected chi connectivity index (χ3v) is 6.23. The average Bonchev–Trinajstić information content (AvgIpc) is 3.55. The minimum atomic E-state index is 0.0210. The topological polar surface area (TPSA) is 93.6 Å². The number of ether oxygens (including phenoxy) is 1. The Kier molecular flexibility index (Phi) is 6.57. The van der Waals surface area contributed by atoms with Gasteiger partial charge in [0.15, 0.2) is 0 Å². The molecule has 0 spiro atoms. The van der Waals surface area contributed by atoms with E-state index in [-0.39, 0.29) is 6.04 Å². The Hall–Kier alpha value is -3.27. The molecule has 1 unspecified atom stereocenters. The maximum Gasteiger partial charge on any atom is 0.247 e. The highest BCUT2D eigenvalue weighted by Gasteiger charge is 2.26. The van der Waals surface area contributed by atoms with Gasteiger partial charge in [-0.05, 0) is 49.4 Å². The SMILES string of the molecule is COc1ccc(-c2noc(CN3CCN(C(C)c4nnc(-c5cccc(Cl)c5)o4)CC3)n2)cc1. The van der Waals surface area contributed by atoms with Crippen molar-refractivity contribution in [3.63, 3.8) is 0 Å². The Bertz CT molecular complexity index is 1230. The summed E-state index contributed by atoms with van der Waals surface area (Å²) in [4.78, 5) is 9.19. The molecule has 1 atom stereocenters. The van der Waals surface area contributed by atoms with Crippen molar-refractivity contribution in [1.82, 2.24) is 30.1 Å². The molecule has 2 aromatic carbocycles. The standard InChI is InChI=1S/C24H25ClN6O3/c1-16(23-27-28-24(33-23)18-4-3-5-19(25)14-18)31-12-10-30(11-13-31)15-21-26-22(29-34-21)17-6-8-20(32-2)9-7-17/h3-9,14,16H,10-13,15H2,1-2H3. The van der Waals surface area contributed by atoms with E-state index >= 15 is 0 Å². The molecule has 0 bridgehead atoms. The Morgan fingerprint density at radius 3 is 2.56 bits per heavy atom. The van der Waals surface area contributed by atoms with E-state index in [0.717, 1.165) is 43.1 Å². The predicted octanol–water partition coefficient (Wildman–Crippen LogP) is 4.33. The van der Waals surface area contributed by atoms with Crippen LogP contribution in [0.15, 0.2) is 57.5 Å². The van der Waals surface area contributed by atoms with Crippen LogP contribution in [0.2, 0.25) is 5.02 Å². The van der Waals surface area contributed by atoms with Gasteiger partial charge in [-0.15, -0.1) is 10.2 Å². The van der Waals surface area contributed by atoms with E-state index in [2.05, 4.69) is 37.1 Å². The normalized spacial score (nSPS) is 16.0. The van der Waals surface area contributed by atoms with Crippen LogP contribution in [0.4, 0.5) is 0 Å². The lowest BCUT2D eigenvalue weighted by Crippen LogP contribution is -2.46. The quantitative estimate of drug-likeness (QED) is 0.383. The van der Waals surface area contributed by atoms with Crippen LogP contribution in [0.5, 0.6) is 5.75 Å². The second kappa shape index (κ2) is 9.92. The molecule has 1 saturated heterocycles. The van der Waals surface area contributed by atoms with Crippen LogP contribution in [0, 0.1) is 0 Å². The van der Waals surface area contributed by atoms with E-state index in [0.29, 0.717) is 35.1 Å². The van der Waals surface area contributed by atoms with Crippen molar-refractivity contribution in [2.75, 3.05) is 33.3 Å². The number of aromatic nitrogens is 4. The lowest BCUT2D eigenvalue weighted by atomic mass is 10.2. The minimum absolute atomic E-state index is 0.0210. The molecule has 1 aliphatic rings. The van der Waals surface area contributed by atoms with Gasteiger partial charge < -0.3 is 13.7 Å². The van der Waals surface area contributed by atoms with Gasteiger partial charge in [-0.25, -0.2) is 0 Å². The van der Waals surface area contributed by atoms with E-state index in [1.807, 2.05) is 48.5 Å². The Morgan fingerprint density at radius 1 is 1.03 bits per heavy atom. The smallest absolute Gasteiger partial charge is 0.247 e. The fraction of sp³-hybridized carbons (Fsp3) is 0.333. The summed E-state index contributed by atoms with van der Waals surface area (Å²) in [7, 11) is 1.64. The lowest BCUT2D eigenvalue weighted by molar-refractivity contribution is 0.0812. The highest BCUT2D eigenvalue weighted by Crippen LogP contribution is 2.26. The monoisotopic (exact) mass is 480 g/mol. The highest BCUT2D eigenvalue weighted by atomic mass is 35.5. The molecular formula is C24H25ClN6O3. The molecule has 0 radical (unpaired) electrons. The van der Waals surface area contributed by atoms with Crippen molar-refractivity contribution in [2.45, 2.75) is 19.5 Å². The Balaban J connectivity index is 1.16. The molecule has 4 aromatic rings. The average molecular weight is 481 g/mol. The first-order valence-corrected chi connectivity index (χ1v) is 11.5. The van der Waals surface area contributed by atoms with Crippen molar-refractivity contribution in [3.8, 4) is 28.6 Å². The summed E-state index contributed by atoms with van der Waals surface area (Å²) in [6, 6.07) is 15.0. The third-order valence-electron chi connectivity index (χ3n) is 6.00. The summed E-state index contributed by atoms with van der Waals surface area (Å²) in [5, 5.41) is 13.2. The van der Waals surface area contributed by atoms with E-state index in [9.17, 15) is 0 Å². The van der Waals surface area contributed by atoms with Crippen LogP contribution < -0.4 is 4.74 Å². The van der Waals surface area contributed by atoms with Gasteiger partial charge in [-0.3, -0.25) is 9.80 Å². The predicted molar refractivity (Wildman–Crippen MR) is 126 cm³/mol. The Labute approximate surface area is 202 Å². The van der Waals surface area contributed by atoms with Crippen molar-refractivity contribution in [3.05, 3.63) is 65.3 Å². The van der Waals surface area contributed by atoms with E-state index in [4.69, 9.17) is 25.3 Å². The van der Waals surface area contributed by atoms with E-state index < -0.39 is 0 Å². The zero-order valence-corrected chi connectivity index (χ0v) is 19.8. The maximum absolute atomic E-state index is 6.08. The van der Waals surface area contributed by atoms with Crippen LogP contribution in [0.1, 0.15) is 24.7 Å². The number of methoxy groups -OCH3 is 1. The largest absolute Gasteiger partial charge is 0.497 e. The molecule has 2 aromatic heterocycles. The van der Waals surface area contributed by atoms with Crippen molar-refractivity contribution >= 4 is 11.6 Å². The van der Waals surface area contributed by atoms with Crippen LogP contribution in [0.25, 0.3) is 22.8 Å². The number of halogens is 1. The first-order chi connectivity index (χ1) is 16.6. The molecule has 34 heavy (non-hydrogen) atoms. The first kappa shape index (κ1) is 22.5. The van der Waals surface area contributed by atoms with Gasteiger partial charge in [0.25, 0.3) is 0 Å². The zero-order chi connectivity index (χ0) is 23.5. The van der Waals surface area contributed by atoms with Gasteiger partial charge in [0.05, 0.1) is 19.7 Å². The highest BCUT2D eigenvalue weighted by molar-refractivity contribution is 6.30. The van der Waals surface area contributed by atoms with Crippen LogP contribution >= 0.6 is 11.6 Å². The van der Waals surface area contributed by atoms with Crippen LogP contribution in [-0.4, -0.2) is 63.4 Å². The summed E-state index contributed by atoms with van der Waals surface area (Å²) in [6.45, 7) is 6.19. The lowest BCUT2D eigenvalue weighted by Gasteiger charge is -2.36. The molecule has 0 saturated carbocycles. The van der Waals surface area contributed by atoms with Gasteiger partial charge in [0.1, 0.15) is 5.75 Å². The molecule has 9 nitrogen and oxygen atoms in total. The Morgan fingerprint density at radius 2 is 1.82 bits per heavy atom. The molecule has 176 valence electrons. The molecular weight excluding hydrogens is 456 g/mol. The van der Waals surface area contributed by atoms with Crippen molar-refractivity contribution in [1.29, 1.82) is 0 Å². The van der Waals surface area contributed by atoms with Gasteiger partial charge in [0, 0.05) is 42.3 Å². The van der Waals surface area contributed by atoms with Crippen LogP contribution in [-0.2, 0) is 6.54 Å². The number of benzene rings is 2. The first-order valence-electron chi connectivity index (χ1n) is 11.1. The van der Waals surface area contributed by atoms with Gasteiger partial charge >= 0.3 is 0 Å². The second-order valence-corrected chi connectivity index (χ2v) is 8.62. The third kappa shape index (κ3) is 4.96. The fourth-order valence-electron chi connectivity index (χ4n) is 3.97. The molecule has 0 aliphatic carbocycles. The van der Waals surface area contributed by atoms with E-state index in [1.165, 1.54) is 0 Å². The van der Waals surface area contributed by atoms with E-state index in [1.54, 1.807) is 7.11 Å². The molecule has 3 heterocycles. The molecule has 0 amide bonds. The van der Waals surface area contributed by atoms with Gasteiger partial charge in [0.2, 0.25) is 23.5 Å². The van der Waals surface area contributed by atoms with Crippen molar-refractivity contribution in [2.24, 2.45) is 0 Å². The molecule has 10 heteroatoms. The number of piperazine rings is 1. The number of nitrogens with zero attached hydrogens (tertiary/aromatic N) is 6. The van der Waals surface area contributed by atoms with Crippen LogP contribution in [0.3, 0.4) is 0 Å². The molecule has 5 rings (SSSR count). The molecule has 1 aliphatic heterocycles. The summed E-state index contributed by atoms with van der Waals surface area (Å²) >= 11 is 6.08. The number of rotatable bonds is 7. The summed E-state index contributed by atoms with van der Waals surface area (Å²) in [5.41, 5.74) is 1.71. The second-order valence-electron chi connectivity index (χ2n) is 8.18.